The van der Waals surface area contributed by atoms with Crippen molar-refractivity contribution in [3.8, 4) is 0 Å². The summed E-state index contributed by atoms with van der Waals surface area (Å²) in [6.07, 6.45) is 2.22. The summed E-state index contributed by atoms with van der Waals surface area (Å²) in [5, 5.41) is 9.90. The van der Waals surface area contributed by atoms with Crippen LogP contribution in [0, 0.1) is 0 Å². The average molecular weight is 383 g/mol. The number of hydrogen-bond donors (Lipinski definition) is 3. The SMILES string of the molecule is CCCc1nn(C)c(C(N)=O)c1NC(=O)CC1C(=O)Nc2ccc(CC)cc21. The van der Waals surface area contributed by atoms with Gasteiger partial charge in [0.15, 0.2) is 0 Å². The predicted octanol–water partition coefficient (Wildman–Crippen LogP) is 2.10. The molecule has 8 nitrogen and oxygen atoms in total. The van der Waals surface area contributed by atoms with Crippen LogP contribution in [0.2, 0.25) is 0 Å². The Bertz CT molecular complexity index is 948. The van der Waals surface area contributed by atoms with Crippen molar-refractivity contribution in [3.63, 3.8) is 0 Å². The fourth-order valence-electron chi connectivity index (χ4n) is 3.58. The van der Waals surface area contributed by atoms with Gasteiger partial charge in [-0.25, -0.2) is 0 Å². The van der Waals surface area contributed by atoms with E-state index >= 15 is 0 Å². The first-order valence-electron chi connectivity index (χ1n) is 9.44. The van der Waals surface area contributed by atoms with Gasteiger partial charge in [-0.1, -0.05) is 32.4 Å². The lowest BCUT2D eigenvalue weighted by Crippen LogP contribution is -2.23. The summed E-state index contributed by atoms with van der Waals surface area (Å²) in [6.45, 7) is 4.02. The first-order valence-corrected chi connectivity index (χ1v) is 9.44. The Labute approximate surface area is 163 Å². The Morgan fingerprint density at radius 3 is 2.71 bits per heavy atom. The molecule has 148 valence electrons. The van der Waals surface area contributed by atoms with Gasteiger partial charge in [0.1, 0.15) is 5.69 Å². The van der Waals surface area contributed by atoms with Crippen LogP contribution in [0.5, 0.6) is 0 Å². The number of rotatable bonds is 7. The maximum absolute atomic E-state index is 12.7. The Morgan fingerprint density at radius 1 is 1.32 bits per heavy atom. The molecule has 0 spiro atoms. The lowest BCUT2D eigenvalue weighted by Gasteiger charge is -2.11. The van der Waals surface area contributed by atoms with Gasteiger partial charge in [-0.2, -0.15) is 5.10 Å². The molecule has 0 saturated heterocycles. The van der Waals surface area contributed by atoms with Gasteiger partial charge in [0.25, 0.3) is 5.91 Å². The minimum absolute atomic E-state index is 0.0232. The van der Waals surface area contributed by atoms with Crippen LogP contribution in [0.15, 0.2) is 18.2 Å². The van der Waals surface area contributed by atoms with E-state index in [2.05, 4.69) is 15.7 Å². The second-order valence-electron chi connectivity index (χ2n) is 6.98. The van der Waals surface area contributed by atoms with Crippen LogP contribution in [-0.2, 0) is 29.5 Å². The number of nitrogens with one attached hydrogen (secondary N) is 2. The molecule has 1 atom stereocenters. The molecule has 2 heterocycles. The lowest BCUT2D eigenvalue weighted by atomic mass is 9.94. The van der Waals surface area contributed by atoms with E-state index in [1.54, 1.807) is 7.05 Å². The molecule has 1 unspecified atom stereocenters. The zero-order valence-corrected chi connectivity index (χ0v) is 16.3. The number of nitrogens with zero attached hydrogens (tertiary/aromatic N) is 2. The van der Waals surface area contributed by atoms with E-state index in [-0.39, 0.29) is 23.9 Å². The Morgan fingerprint density at radius 2 is 2.07 bits per heavy atom. The molecular weight excluding hydrogens is 358 g/mol. The molecule has 3 rings (SSSR count). The van der Waals surface area contributed by atoms with Crippen LogP contribution < -0.4 is 16.4 Å². The molecule has 0 radical (unpaired) electrons. The van der Waals surface area contributed by atoms with Crippen molar-refractivity contribution in [2.75, 3.05) is 10.6 Å². The normalized spacial score (nSPS) is 15.2. The van der Waals surface area contributed by atoms with Crippen molar-refractivity contribution in [1.82, 2.24) is 9.78 Å². The minimum atomic E-state index is -0.663. The number of aromatic nitrogens is 2. The zero-order valence-electron chi connectivity index (χ0n) is 16.3. The number of amides is 3. The van der Waals surface area contributed by atoms with Gasteiger partial charge in [0.05, 0.1) is 17.3 Å². The topological polar surface area (TPSA) is 119 Å². The molecule has 2 aromatic rings. The molecule has 3 amide bonds. The van der Waals surface area contributed by atoms with E-state index in [1.807, 2.05) is 32.0 Å². The number of hydrogen-bond acceptors (Lipinski definition) is 4. The van der Waals surface area contributed by atoms with E-state index in [0.717, 1.165) is 29.7 Å². The van der Waals surface area contributed by atoms with Crippen LogP contribution in [0.25, 0.3) is 0 Å². The number of carbonyl (C=O) groups excluding carboxylic acids is 3. The third-order valence-corrected chi connectivity index (χ3v) is 4.97. The van der Waals surface area contributed by atoms with Gasteiger partial charge in [-0.15, -0.1) is 0 Å². The smallest absolute Gasteiger partial charge is 0.269 e. The van der Waals surface area contributed by atoms with Crippen LogP contribution in [0.4, 0.5) is 11.4 Å². The second kappa shape index (κ2) is 7.84. The summed E-state index contributed by atoms with van der Waals surface area (Å²) in [6, 6.07) is 5.80. The van der Waals surface area contributed by atoms with E-state index in [4.69, 9.17) is 5.73 Å². The molecule has 4 N–H and O–H groups in total. The van der Waals surface area contributed by atoms with Crippen molar-refractivity contribution in [3.05, 3.63) is 40.7 Å². The summed E-state index contributed by atoms with van der Waals surface area (Å²) >= 11 is 0. The largest absolute Gasteiger partial charge is 0.364 e. The zero-order chi connectivity index (χ0) is 20.4. The average Bonchev–Trinajstić information content (AvgIpc) is 3.11. The molecule has 0 saturated carbocycles. The van der Waals surface area contributed by atoms with Gasteiger partial charge in [-0.3, -0.25) is 19.1 Å². The highest BCUT2D eigenvalue weighted by Gasteiger charge is 2.33. The summed E-state index contributed by atoms with van der Waals surface area (Å²) in [4.78, 5) is 36.9. The maximum atomic E-state index is 12.7. The van der Waals surface area contributed by atoms with Gasteiger partial charge in [0.2, 0.25) is 11.8 Å². The fraction of sp³-hybridized carbons (Fsp3) is 0.400. The molecule has 0 bridgehead atoms. The monoisotopic (exact) mass is 383 g/mol. The van der Waals surface area contributed by atoms with E-state index < -0.39 is 11.8 Å². The third-order valence-electron chi connectivity index (χ3n) is 4.97. The molecule has 1 aromatic carbocycles. The van der Waals surface area contributed by atoms with Crippen LogP contribution in [-0.4, -0.2) is 27.5 Å². The van der Waals surface area contributed by atoms with Crippen molar-refractivity contribution < 1.29 is 14.4 Å². The number of primary amides is 1. The highest BCUT2D eigenvalue weighted by atomic mass is 16.2. The lowest BCUT2D eigenvalue weighted by molar-refractivity contribution is -0.122. The summed E-state index contributed by atoms with van der Waals surface area (Å²) < 4.78 is 1.38. The quantitative estimate of drug-likeness (QED) is 0.678. The van der Waals surface area contributed by atoms with Crippen molar-refractivity contribution in [1.29, 1.82) is 0 Å². The predicted molar refractivity (Wildman–Crippen MR) is 106 cm³/mol. The molecule has 8 heteroatoms. The molecule has 1 aromatic heterocycles. The van der Waals surface area contributed by atoms with Gasteiger partial charge < -0.3 is 16.4 Å². The van der Waals surface area contributed by atoms with E-state index in [0.29, 0.717) is 17.8 Å². The van der Waals surface area contributed by atoms with Crippen molar-refractivity contribution >= 4 is 29.1 Å². The molecule has 1 aliphatic rings. The summed E-state index contributed by atoms with van der Waals surface area (Å²) in [7, 11) is 1.61. The highest BCUT2D eigenvalue weighted by molar-refractivity contribution is 6.07. The Kier molecular flexibility index (Phi) is 5.48. The van der Waals surface area contributed by atoms with Crippen LogP contribution >= 0.6 is 0 Å². The van der Waals surface area contributed by atoms with E-state index in [9.17, 15) is 14.4 Å². The summed E-state index contributed by atoms with van der Waals surface area (Å²) in [5.74, 6) is -1.79. The number of aryl methyl sites for hydroxylation is 3. The standard InChI is InChI=1S/C20H25N5O3/c1-4-6-15-17(18(19(21)27)25(3)24-15)23-16(26)10-13-12-9-11(5-2)7-8-14(12)22-20(13)28/h7-9,13H,4-6,10H2,1-3H3,(H2,21,27)(H,22,28)(H,23,26). The summed E-state index contributed by atoms with van der Waals surface area (Å²) in [5.41, 5.74) is 9.24. The van der Waals surface area contributed by atoms with Gasteiger partial charge in [-0.05, 0) is 30.0 Å². The first kappa shape index (κ1) is 19.6. The van der Waals surface area contributed by atoms with Crippen LogP contribution in [0.3, 0.4) is 0 Å². The molecule has 0 fully saturated rings. The number of carbonyl (C=O) groups is 3. The van der Waals surface area contributed by atoms with Gasteiger partial charge >= 0.3 is 0 Å². The Hall–Kier alpha value is -3.16. The van der Waals surface area contributed by atoms with Crippen molar-refractivity contribution in [2.24, 2.45) is 12.8 Å². The number of nitrogens with two attached hydrogens (primary N) is 1. The number of benzene rings is 1. The first-order chi connectivity index (χ1) is 13.3. The third kappa shape index (κ3) is 3.62. The number of fused-ring (bicyclic) bond motifs is 1. The molecule has 1 aliphatic heterocycles. The minimum Gasteiger partial charge on any atom is -0.364 e. The molecule has 28 heavy (non-hydrogen) atoms. The highest BCUT2D eigenvalue weighted by Crippen LogP contribution is 2.36. The van der Waals surface area contributed by atoms with Crippen molar-refractivity contribution in [2.45, 2.75) is 45.4 Å². The van der Waals surface area contributed by atoms with E-state index in [1.165, 1.54) is 4.68 Å². The molecular formula is C20H25N5O3. The van der Waals surface area contributed by atoms with Crippen LogP contribution in [0.1, 0.15) is 59.9 Å². The second-order valence-corrected chi connectivity index (χ2v) is 6.98. The fourth-order valence-corrected chi connectivity index (χ4v) is 3.58. The Balaban J connectivity index is 1.84. The maximum Gasteiger partial charge on any atom is 0.269 e. The molecule has 0 aliphatic carbocycles. The number of anilines is 2. The van der Waals surface area contributed by atoms with Gasteiger partial charge in [0, 0.05) is 19.2 Å².